The summed E-state index contributed by atoms with van der Waals surface area (Å²) in [5.41, 5.74) is 2.12. The van der Waals surface area contributed by atoms with Gasteiger partial charge in [0.15, 0.2) is 0 Å². The molecule has 1 saturated heterocycles. The van der Waals surface area contributed by atoms with Crippen LogP contribution in [0.3, 0.4) is 0 Å². The lowest BCUT2D eigenvalue weighted by Gasteiger charge is -2.32. The normalized spacial score (nSPS) is 19.3. The van der Waals surface area contributed by atoms with Crippen LogP contribution in [0.2, 0.25) is 0 Å². The van der Waals surface area contributed by atoms with E-state index >= 15 is 0 Å². The second-order valence-corrected chi connectivity index (χ2v) is 5.18. The van der Waals surface area contributed by atoms with Gasteiger partial charge in [0, 0.05) is 25.7 Å². The van der Waals surface area contributed by atoms with Crippen LogP contribution < -0.4 is 10.1 Å². The van der Waals surface area contributed by atoms with Gasteiger partial charge in [0.25, 0.3) is 0 Å². The Balaban J connectivity index is 2.00. The maximum atomic E-state index is 12.2. The van der Waals surface area contributed by atoms with Gasteiger partial charge in [-0.15, -0.1) is 0 Å². The number of carbonyl (C=O) groups excluding carboxylic acids is 1. The van der Waals surface area contributed by atoms with Crippen molar-refractivity contribution in [3.05, 3.63) is 29.3 Å². The average Bonchev–Trinajstić information content (AvgIpc) is 2.39. The molecule has 1 amide bonds. The number of rotatable bonds is 3. The molecular weight excluding hydrogens is 240 g/mol. The third-order valence-corrected chi connectivity index (χ3v) is 3.54. The molecule has 1 aromatic rings. The Labute approximate surface area is 114 Å². The topological polar surface area (TPSA) is 41.6 Å². The first-order valence-corrected chi connectivity index (χ1v) is 6.75. The molecule has 0 spiro atoms. The zero-order valence-electron chi connectivity index (χ0n) is 11.9. The van der Waals surface area contributed by atoms with Crippen LogP contribution in [0, 0.1) is 6.92 Å². The predicted molar refractivity (Wildman–Crippen MR) is 75.5 cm³/mol. The maximum absolute atomic E-state index is 12.2. The van der Waals surface area contributed by atoms with Crippen molar-refractivity contribution in [3.8, 4) is 5.75 Å². The first-order chi connectivity index (χ1) is 9.10. The van der Waals surface area contributed by atoms with E-state index in [-0.39, 0.29) is 5.91 Å². The highest BCUT2D eigenvalue weighted by atomic mass is 16.5. The number of nitrogens with one attached hydrogen (secondary N) is 1. The third kappa shape index (κ3) is 3.47. The van der Waals surface area contributed by atoms with Crippen LogP contribution >= 0.6 is 0 Å². The fourth-order valence-corrected chi connectivity index (χ4v) is 2.50. The second-order valence-electron chi connectivity index (χ2n) is 5.18. The average molecular weight is 262 g/mol. The Hall–Kier alpha value is -1.55. The Morgan fingerprint density at radius 1 is 1.53 bits per heavy atom. The zero-order valence-corrected chi connectivity index (χ0v) is 11.9. The minimum atomic E-state index is 0.206. The Morgan fingerprint density at radius 3 is 2.95 bits per heavy atom. The standard InChI is InChI=1S/C15H22N2O2/c1-11-8-13(4-5-14(11)19-3)9-15(18)17-7-6-16-12(2)10-17/h4-5,8,12,16H,6-7,9-10H2,1-3H3. The van der Waals surface area contributed by atoms with E-state index in [0.717, 1.165) is 36.5 Å². The quantitative estimate of drug-likeness (QED) is 0.894. The SMILES string of the molecule is COc1ccc(CC(=O)N2CCNC(C)C2)cc1C. The van der Waals surface area contributed by atoms with E-state index in [1.807, 2.05) is 30.0 Å². The molecule has 2 rings (SSSR count). The number of aryl methyl sites for hydroxylation is 1. The molecule has 4 heteroatoms. The summed E-state index contributed by atoms with van der Waals surface area (Å²) in [4.78, 5) is 14.2. The first kappa shape index (κ1) is 13.9. The molecular formula is C15H22N2O2. The minimum absolute atomic E-state index is 0.206. The van der Waals surface area contributed by atoms with Crippen molar-refractivity contribution >= 4 is 5.91 Å². The molecule has 0 aromatic heterocycles. The molecule has 1 fully saturated rings. The van der Waals surface area contributed by atoms with Crippen LogP contribution in [0.15, 0.2) is 18.2 Å². The summed E-state index contributed by atoms with van der Waals surface area (Å²) in [5.74, 6) is 1.07. The smallest absolute Gasteiger partial charge is 0.227 e. The molecule has 1 aliphatic heterocycles. The number of nitrogens with zero attached hydrogens (tertiary/aromatic N) is 1. The Kier molecular flexibility index (Phi) is 4.43. The number of methoxy groups -OCH3 is 1. The number of hydrogen-bond acceptors (Lipinski definition) is 3. The summed E-state index contributed by atoms with van der Waals surface area (Å²) in [6.45, 7) is 6.59. The van der Waals surface area contributed by atoms with Gasteiger partial charge in [-0.1, -0.05) is 12.1 Å². The monoisotopic (exact) mass is 262 g/mol. The fraction of sp³-hybridized carbons (Fsp3) is 0.533. The Morgan fingerprint density at radius 2 is 2.32 bits per heavy atom. The van der Waals surface area contributed by atoms with Crippen LogP contribution in [-0.4, -0.2) is 43.6 Å². The van der Waals surface area contributed by atoms with Crippen LogP contribution in [-0.2, 0) is 11.2 Å². The van der Waals surface area contributed by atoms with E-state index < -0.39 is 0 Å². The van der Waals surface area contributed by atoms with E-state index in [2.05, 4.69) is 12.2 Å². The van der Waals surface area contributed by atoms with Crippen molar-refractivity contribution in [3.63, 3.8) is 0 Å². The van der Waals surface area contributed by atoms with Crippen molar-refractivity contribution in [2.75, 3.05) is 26.7 Å². The van der Waals surface area contributed by atoms with Crippen LogP contribution in [0.25, 0.3) is 0 Å². The molecule has 0 saturated carbocycles. The molecule has 4 nitrogen and oxygen atoms in total. The van der Waals surface area contributed by atoms with Crippen molar-refractivity contribution in [2.24, 2.45) is 0 Å². The van der Waals surface area contributed by atoms with Gasteiger partial charge in [0.1, 0.15) is 5.75 Å². The second kappa shape index (κ2) is 6.06. The van der Waals surface area contributed by atoms with Crippen molar-refractivity contribution in [1.29, 1.82) is 0 Å². The highest BCUT2D eigenvalue weighted by molar-refractivity contribution is 5.79. The van der Waals surface area contributed by atoms with Gasteiger partial charge in [-0.3, -0.25) is 4.79 Å². The summed E-state index contributed by atoms with van der Waals surface area (Å²) < 4.78 is 5.23. The number of benzene rings is 1. The van der Waals surface area contributed by atoms with Crippen molar-refractivity contribution in [1.82, 2.24) is 10.2 Å². The predicted octanol–water partition coefficient (Wildman–Crippen LogP) is 1.37. The van der Waals surface area contributed by atoms with E-state index in [1.54, 1.807) is 7.11 Å². The number of hydrogen-bond donors (Lipinski definition) is 1. The molecule has 1 aliphatic rings. The molecule has 0 bridgehead atoms. The molecule has 1 heterocycles. The van der Waals surface area contributed by atoms with Gasteiger partial charge in [0.05, 0.1) is 13.5 Å². The van der Waals surface area contributed by atoms with Crippen LogP contribution in [0.5, 0.6) is 5.75 Å². The zero-order chi connectivity index (χ0) is 13.8. The van der Waals surface area contributed by atoms with E-state index in [1.165, 1.54) is 0 Å². The molecule has 104 valence electrons. The molecule has 1 atom stereocenters. The summed E-state index contributed by atoms with van der Waals surface area (Å²) in [6, 6.07) is 6.31. The number of amides is 1. The number of piperazine rings is 1. The minimum Gasteiger partial charge on any atom is -0.496 e. The third-order valence-electron chi connectivity index (χ3n) is 3.54. The summed E-state index contributed by atoms with van der Waals surface area (Å²) in [6.07, 6.45) is 0.470. The summed E-state index contributed by atoms with van der Waals surface area (Å²) in [5, 5.41) is 3.34. The van der Waals surface area contributed by atoms with E-state index in [9.17, 15) is 4.79 Å². The largest absolute Gasteiger partial charge is 0.496 e. The maximum Gasteiger partial charge on any atom is 0.227 e. The lowest BCUT2D eigenvalue weighted by atomic mass is 10.1. The lowest BCUT2D eigenvalue weighted by molar-refractivity contribution is -0.131. The van der Waals surface area contributed by atoms with E-state index in [0.29, 0.717) is 12.5 Å². The van der Waals surface area contributed by atoms with Gasteiger partial charge in [-0.25, -0.2) is 0 Å². The van der Waals surface area contributed by atoms with Crippen LogP contribution in [0.1, 0.15) is 18.1 Å². The summed E-state index contributed by atoms with van der Waals surface area (Å²) >= 11 is 0. The molecule has 1 aromatic carbocycles. The molecule has 1 N–H and O–H groups in total. The lowest BCUT2D eigenvalue weighted by Crippen LogP contribution is -2.51. The highest BCUT2D eigenvalue weighted by Crippen LogP contribution is 2.19. The van der Waals surface area contributed by atoms with Crippen molar-refractivity contribution in [2.45, 2.75) is 26.3 Å². The van der Waals surface area contributed by atoms with Gasteiger partial charge in [-0.2, -0.15) is 0 Å². The summed E-state index contributed by atoms with van der Waals surface area (Å²) in [7, 11) is 1.66. The molecule has 1 unspecified atom stereocenters. The molecule has 19 heavy (non-hydrogen) atoms. The molecule has 0 aliphatic carbocycles. The first-order valence-electron chi connectivity index (χ1n) is 6.75. The van der Waals surface area contributed by atoms with E-state index in [4.69, 9.17) is 4.74 Å². The van der Waals surface area contributed by atoms with Gasteiger partial charge < -0.3 is 15.0 Å². The number of carbonyl (C=O) groups is 1. The van der Waals surface area contributed by atoms with Gasteiger partial charge in [-0.05, 0) is 31.0 Å². The molecule has 0 radical (unpaired) electrons. The number of ether oxygens (including phenoxy) is 1. The van der Waals surface area contributed by atoms with Crippen molar-refractivity contribution < 1.29 is 9.53 Å². The van der Waals surface area contributed by atoms with Gasteiger partial charge >= 0.3 is 0 Å². The van der Waals surface area contributed by atoms with Crippen LogP contribution in [0.4, 0.5) is 0 Å². The highest BCUT2D eigenvalue weighted by Gasteiger charge is 2.20. The Bertz CT molecular complexity index is 459. The van der Waals surface area contributed by atoms with Gasteiger partial charge in [0.2, 0.25) is 5.91 Å². The fourth-order valence-electron chi connectivity index (χ4n) is 2.50.